The smallest absolute Gasteiger partial charge is 0.225 e. The molecule has 1 aromatic heterocycles. The van der Waals surface area contributed by atoms with E-state index in [4.69, 9.17) is 4.74 Å². The number of hydrogen-bond donors (Lipinski definition) is 1. The fourth-order valence-corrected chi connectivity index (χ4v) is 2.99. The highest BCUT2D eigenvalue weighted by atomic mass is 32.1. The van der Waals surface area contributed by atoms with Gasteiger partial charge in [-0.1, -0.05) is 18.2 Å². The second-order valence-corrected chi connectivity index (χ2v) is 6.72. The summed E-state index contributed by atoms with van der Waals surface area (Å²) in [4.78, 5) is 24.1. The van der Waals surface area contributed by atoms with Crippen molar-refractivity contribution in [1.82, 2.24) is 5.32 Å². The molecule has 1 atom stereocenters. The van der Waals surface area contributed by atoms with Gasteiger partial charge in [-0.3, -0.25) is 4.79 Å². The van der Waals surface area contributed by atoms with Crippen molar-refractivity contribution in [3.8, 4) is 5.75 Å². The first-order chi connectivity index (χ1) is 11.4. The zero-order valence-corrected chi connectivity index (χ0v) is 14.5. The number of carbonyl (C=O) groups excluding carboxylic acids is 2. The lowest BCUT2D eigenvalue weighted by Gasteiger charge is -2.20. The van der Waals surface area contributed by atoms with Crippen LogP contribution in [0, 0.1) is 0 Å². The van der Waals surface area contributed by atoms with E-state index in [9.17, 15) is 14.7 Å². The number of carboxylic acid groups (broad SMARTS) is 1. The highest BCUT2D eigenvalue weighted by Gasteiger charge is 2.16. The number of hydrogen-bond acceptors (Lipinski definition) is 5. The van der Waals surface area contributed by atoms with Gasteiger partial charge in [0, 0.05) is 17.3 Å². The standard InChI is InChI=1S/C18H21NO4S/c1-12(2)23-14-7-5-13(6-8-14)16(11-18(21)22)19-17(20)10-15-4-3-9-24-15/h3-9,12,16H,10-11H2,1-2H3,(H,19,20)(H,21,22)/p-1/t16-/m0/s1. The van der Waals surface area contributed by atoms with Gasteiger partial charge in [0.2, 0.25) is 5.91 Å². The van der Waals surface area contributed by atoms with E-state index in [0.29, 0.717) is 11.3 Å². The number of carbonyl (C=O) groups is 2. The van der Waals surface area contributed by atoms with Crippen LogP contribution in [0.3, 0.4) is 0 Å². The van der Waals surface area contributed by atoms with Gasteiger partial charge in [0.15, 0.2) is 0 Å². The maximum atomic E-state index is 12.1. The number of thiophene rings is 1. The summed E-state index contributed by atoms with van der Waals surface area (Å²) in [6, 6.07) is 10.2. The minimum absolute atomic E-state index is 0.0559. The fourth-order valence-electron chi connectivity index (χ4n) is 2.29. The molecule has 2 rings (SSSR count). The molecule has 24 heavy (non-hydrogen) atoms. The molecule has 0 fully saturated rings. The fraction of sp³-hybridized carbons (Fsp3) is 0.333. The molecule has 128 valence electrons. The van der Waals surface area contributed by atoms with Gasteiger partial charge >= 0.3 is 0 Å². The van der Waals surface area contributed by atoms with Crippen molar-refractivity contribution in [2.45, 2.75) is 38.8 Å². The van der Waals surface area contributed by atoms with Gasteiger partial charge in [-0.05, 0) is 43.0 Å². The van der Waals surface area contributed by atoms with Crippen LogP contribution in [0.2, 0.25) is 0 Å². The SMILES string of the molecule is CC(C)Oc1ccc([C@H](CC(=O)[O-])NC(=O)Cc2cccs2)cc1. The molecule has 0 aliphatic carbocycles. The monoisotopic (exact) mass is 346 g/mol. The first kappa shape index (κ1) is 18.0. The molecule has 2 aromatic rings. The van der Waals surface area contributed by atoms with E-state index in [2.05, 4.69) is 5.32 Å². The molecule has 6 heteroatoms. The van der Waals surface area contributed by atoms with Crippen molar-refractivity contribution < 1.29 is 19.4 Å². The van der Waals surface area contributed by atoms with Crippen LogP contribution in [0.4, 0.5) is 0 Å². The molecule has 0 spiro atoms. The Kier molecular flexibility index (Phi) is 6.37. The molecule has 0 aliphatic rings. The van der Waals surface area contributed by atoms with Crippen LogP contribution in [-0.2, 0) is 16.0 Å². The van der Waals surface area contributed by atoms with Gasteiger partial charge in [0.05, 0.1) is 18.6 Å². The molecule has 1 amide bonds. The van der Waals surface area contributed by atoms with Crippen molar-refractivity contribution in [2.75, 3.05) is 0 Å². The van der Waals surface area contributed by atoms with Crippen LogP contribution >= 0.6 is 11.3 Å². The van der Waals surface area contributed by atoms with Crippen LogP contribution in [0.5, 0.6) is 5.75 Å². The quantitative estimate of drug-likeness (QED) is 0.794. The van der Waals surface area contributed by atoms with Crippen molar-refractivity contribution >= 4 is 23.2 Å². The third kappa shape index (κ3) is 5.70. The summed E-state index contributed by atoms with van der Waals surface area (Å²) in [6.07, 6.45) is 0.0106. The molecule has 0 bridgehead atoms. The minimum atomic E-state index is -1.21. The van der Waals surface area contributed by atoms with Crippen molar-refractivity contribution in [3.63, 3.8) is 0 Å². The van der Waals surface area contributed by atoms with E-state index < -0.39 is 12.0 Å². The Labute approximate surface area is 145 Å². The summed E-state index contributed by atoms with van der Waals surface area (Å²) in [5.41, 5.74) is 0.704. The highest BCUT2D eigenvalue weighted by Crippen LogP contribution is 2.21. The lowest BCUT2D eigenvalue weighted by atomic mass is 10.0. The third-order valence-electron chi connectivity index (χ3n) is 3.28. The van der Waals surface area contributed by atoms with Gasteiger partial charge in [-0.25, -0.2) is 0 Å². The van der Waals surface area contributed by atoms with Gasteiger partial charge in [0.25, 0.3) is 0 Å². The van der Waals surface area contributed by atoms with Gasteiger partial charge in [0.1, 0.15) is 5.75 Å². The summed E-state index contributed by atoms with van der Waals surface area (Å²) >= 11 is 1.49. The first-order valence-corrected chi connectivity index (χ1v) is 8.60. The van der Waals surface area contributed by atoms with Crippen molar-refractivity contribution in [1.29, 1.82) is 0 Å². The molecule has 5 nitrogen and oxygen atoms in total. The zero-order chi connectivity index (χ0) is 17.5. The molecule has 0 radical (unpaired) electrons. The number of amides is 1. The molecule has 1 N–H and O–H groups in total. The average molecular weight is 346 g/mol. The highest BCUT2D eigenvalue weighted by molar-refractivity contribution is 7.10. The van der Waals surface area contributed by atoms with Crippen LogP contribution < -0.4 is 15.2 Å². The summed E-state index contributed by atoms with van der Waals surface area (Å²) in [7, 11) is 0. The number of benzene rings is 1. The number of aliphatic carboxylic acids is 1. The Hall–Kier alpha value is -2.34. The molecule has 0 unspecified atom stereocenters. The molecule has 1 heterocycles. The van der Waals surface area contributed by atoms with E-state index >= 15 is 0 Å². The van der Waals surface area contributed by atoms with Crippen LogP contribution in [0.25, 0.3) is 0 Å². The van der Waals surface area contributed by atoms with Crippen LogP contribution in [0.1, 0.15) is 36.8 Å². The normalized spacial score (nSPS) is 12.0. The molecule has 1 aromatic carbocycles. The van der Waals surface area contributed by atoms with E-state index in [1.807, 2.05) is 31.4 Å². The molecule has 0 aliphatic heterocycles. The predicted molar refractivity (Wildman–Crippen MR) is 90.7 cm³/mol. The Morgan fingerprint density at radius 3 is 2.46 bits per heavy atom. The lowest BCUT2D eigenvalue weighted by molar-refractivity contribution is -0.306. The number of carboxylic acids is 1. The molecule has 0 saturated carbocycles. The Balaban J connectivity index is 2.06. The van der Waals surface area contributed by atoms with Crippen LogP contribution in [0.15, 0.2) is 41.8 Å². The minimum Gasteiger partial charge on any atom is -0.550 e. The number of nitrogens with one attached hydrogen (secondary N) is 1. The lowest BCUT2D eigenvalue weighted by Crippen LogP contribution is -2.34. The molecular formula is C18H20NO4S-. The maximum Gasteiger partial charge on any atom is 0.225 e. The molecule has 0 saturated heterocycles. The second-order valence-electron chi connectivity index (χ2n) is 5.69. The first-order valence-electron chi connectivity index (χ1n) is 7.72. The Bertz CT molecular complexity index is 665. The predicted octanol–water partition coefficient (Wildman–Crippen LogP) is 2.08. The maximum absolute atomic E-state index is 12.1. The van der Waals surface area contributed by atoms with Crippen molar-refractivity contribution in [2.24, 2.45) is 0 Å². The Morgan fingerprint density at radius 2 is 1.92 bits per heavy atom. The van der Waals surface area contributed by atoms with Crippen molar-refractivity contribution in [3.05, 3.63) is 52.2 Å². The number of ether oxygens (including phenoxy) is 1. The average Bonchev–Trinajstić information content (AvgIpc) is 2.99. The van der Waals surface area contributed by atoms with Gasteiger partial charge in [-0.15, -0.1) is 11.3 Å². The molecular weight excluding hydrogens is 326 g/mol. The van der Waals surface area contributed by atoms with E-state index in [-0.39, 0.29) is 24.9 Å². The van der Waals surface area contributed by atoms with Gasteiger partial charge < -0.3 is 20.0 Å². The number of rotatable bonds is 8. The summed E-state index contributed by atoms with van der Waals surface area (Å²) in [5.74, 6) is -0.726. The topological polar surface area (TPSA) is 78.5 Å². The zero-order valence-electron chi connectivity index (χ0n) is 13.7. The van der Waals surface area contributed by atoms with Gasteiger partial charge in [-0.2, -0.15) is 0 Å². The summed E-state index contributed by atoms with van der Waals surface area (Å²) in [5, 5.41) is 15.7. The second kappa shape index (κ2) is 8.49. The summed E-state index contributed by atoms with van der Waals surface area (Å²) < 4.78 is 5.57. The largest absolute Gasteiger partial charge is 0.550 e. The van der Waals surface area contributed by atoms with E-state index in [1.54, 1.807) is 24.3 Å². The third-order valence-corrected chi connectivity index (χ3v) is 4.15. The summed E-state index contributed by atoms with van der Waals surface area (Å²) in [6.45, 7) is 3.86. The van der Waals surface area contributed by atoms with E-state index in [0.717, 1.165) is 4.88 Å². The van der Waals surface area contributed by atoms with Crippen LogP contribution in [-0.4, -0.2) is 18.0 Å². The Morgan fingerprint density at radius 1 is 1.21 bits per heavy atom. The van der Waals surface area contributed by atoms with E-state index in [1.165, 1.54) is 11.3 Å².